The number of benzene rings is 1. The molecule has 0 N–H and O–H groups in total. The van der Waals surface area contributed by atoms with Crippen molar-refractivity contribution < 1.29 is 13.2 Å². The Labute approximate surface area is 96.4 Å². The lowest BCUT2D eigenvalue weighted by Gasteiger charge is -2.02. The molecule has 1 rings (SSSR count). The van der Waals surface area contributed by atoms with Gasteiger partial charge >= 0.3 is 0 Å². The van der Waals surface area contributed by atoms with E-state index in [1.54, 1.807) is 19.1 Å². The molecule has 3 nitrogen and oxygen atoms in total. The molecule has 0 fully saturated rings. The van der Waals surface area contributed by atoms with E-state index in [1.807, 2.05) is 12.1 Å². The number of rotatable bonds is 5. The molecule has 88 valence electrons. The molecular formula is C12H16O3S. The zero-order valence-electron chi connectivity index (χ0n) is 9.56. The molecule has 0 aliphatic heterocycles. The molecule has 0 unspecified atom stereocenters. The molecule has 0 aromatic heterocycles. The minimum atomic E-state index is -2.91. The van der Waals surface area contributed by atoms with Crippen molar-refractivity contribution in [3.05, 3.63) is 35.4 Å². The minimum absolute atomic E-state index is 0.0210. The van der Waals surface area contributed by atoms with Gasteiger partial charge in [0.2, 0.25) is 0 Å². The third kappa shape index (κ3) is 3.77. The maximum absolute atomic E-state index is 11.3. The molecule has 0 saturated heterocycles. The molecule has 0 atom stereocenters. The standard InChI is InChI=1S/C12H16O3S/c1-3-16(14,15)9-8-11-4-6-12(7-5-11)10(2)13/h4-7H,3,8-9H2,1-2H3. The van der Waals surface area contributed by atoms with E-state index in [0.29, 0.717) is 12.0 Å². The second-order valence-corrected chi connectivity index (χ2v) is 6.21. The van der Waals surface area contributed by atoms with Crippen molar-refractivity contribution in [1.29, 1.82) is 0 Å². The molecule has 0 amide bonds. The van der Waals surface area contributed by atoms with E-state index in [0.717, 1.165) is 5.56 Å². The highest BCUT2D eigenvalue weighted by Gasteiger charge is 2.07. The van der Waals surface area contributed by atoms with Crippen molar-refractivity contribution in [1.82, 2.24) is 0 Å². The second kappa shape index (κ2) is 5.25. The minimum Gasteiger partial charge on any atom is -0.295 e. The molecule has 1 aromatic carbocycles. The number of carbonyl (C=O) groups excluding carboxylic acids is 1. The van der Waals surface area contributed by atoms with Gasteiger partial charge in [-0.2, -0.15) is 0 Å². The van der Waals surface area contributed by atoms with Crippen molar-refractivity contribution >= 4 is 15.6 Å². The molecule has 0 bridgehead atoms. The van der Waals surface area contributed by atoms with Crippen LogP contribution in [0.3, 0.4) is 0 Å². The highest BCUT2D eigenvalue weighted by atomic mass is 32.2. The van der Waals surface area contributed by atoms with Crippen LogP contribution in [0, 0.1) is 0 Å². The van der Waals surface area contributed by atoms with E-state index in [-0.39, 0.29) is 17.3 Å². The largest absolute Gasteiger partial charge is 0.295 e. The van der Waals surface area contributed by atoms with Crippen molar-refractivity contribution in [2.45, 2.75) is 20.3 Å². The van der Waals surface area contributed by atoms with Gasteiger partial charge in [-0.15, -0.1) is 0 Å². The van der Waals surface area contributed by atoms with Gasteiger partial charge in [0, 0.05) is 11.3 Å². The van der Waals surface area contributed by atoms with E-state index in [9.17, 15) is 13.2 Å². The third-order valence-corrected chi connectivity index (χ3v) is 4.21. The molecule has 0 aliphatic rings. The first-order chi connectivity index (χ1) is 7.44. The third-order valence-electron chi connectivity index (χ3n) is 2.50. The normalized spacial score (nSPS) is 11.4. The van der Waals surface area contributed by atoms with Crippen LogP contribution in [-0.4, -0.2) is 25.7 Å². The number of ketones is 1. The Morgan fingerprint density at radius 3 is 2.19 bits per heavy atom. The van der Waals surface area contributed by atoms with E-state index in [2.05, 4.69) is 0 Å². The number of aryl methyl sites for hydroxylation is 1. The summed E-state index contributed by atoms with van der Waals surface area (Å²) in [6, 6.07) is 7.08. The van der Waals surface area contributed by atoms with Gasteiger partial charge < -0.3 is 0 Å². The highest BCUT2D eigenvalue weighted by Crippen LogP contribution is 2.07. The molecule has 16 heavy (non-hydrogen) atoms. The molecule has 4 heteroatoms. The Kier molecular flexibility index (Phi) is 4.24. The predicted octanol–water partition coefficient (Wildman–Crippen LogP) is 1.87. The summed E-state index contributed by atoms with van der Waals surface area (Å²) >= 11 is 0. The van der Waals surface area contributed by atoms with Gasteiger partial charge in [0.1, 0.15) is 9.84 Å². The van der Waals surface area contributed by atoms with Crippen LogP contribution in [0.1, 0.15) is 29.8 Å². The van der Waals surface area contributed by atoms with Crippen LogP contribution in [0.15, 0.2) is 24.3 Å². The molecule has 1 aromatic rings. The van der Waals surface area contributed by atoms with Crippen LogP contribution in [0.2, 0.25) is 0 Å². The Hall–Kier alpha value is -1.16. The summed E-state index contributed by atoms with van der Waals surface area (Å²) in [6.07, 6.45) is 0.508. The van der Waals surface area contributed by atoms with Crippen LogP contribution in [-0.2, 0) is 16.3 Å². The van der Waals surface area contributed by atoms with Crippen molar-refractivity contribution in [3.8, 4) is 0 Å². The average molecular weight is 240 g/mol. The molecule has 0 heterocycles. The number of Topliss-reactive ketones (excluding diaryl/α,β-unsaturated/α-hetero) is 1. The molecular weight excluding hydrogens is 224 g/mol. The fourth-order valence-electron chi connectivity index (χ4n) is 1.32. The fraction of sp³-hybridized carbons (Fsp3) is 0.417. The Bertz CT molecular complexity index is 458. The van der Waals surface area contributed by atoms with Crippen LogP contribution >= 0.6 is 0 Å². The number of hydrogen-bond donors (Lipinski definition) is 0. The lowest BCUT2D eigenvalue weighted by Crippen LogP contribution is -2.10. The summed E-state index contributed by atoms with van der Waals surface area (Å²) in [5.41, 5.74) is 1.60. The van der Waals surface area contributed by atoms with Crippen LogP contribution in [0.4, 0.5) is 0 Å². The quantitative estimate of drug-likeness (QED) is 0.738. The SMILES string of the molecule is CCS(=O)(=O)CCc1ccc(C(C)=O)cc1. The number of hydrogen-bond acceptors (Lipinski definition) is 3. The van der Waals surface area contributed by atoms with Crippen molar-refractivity contribution in [2.75, 3.05) is 11.5 Å². The number of sulfone groups is 1. The Balaban J connectivity index is 2.66. The summed E-state index contributed by atoms with van der Waals surface area (Å²) in [7, 11) is -2.91. The highest BCUT2D eigenvalue weighted by molar-refractivity contribution is 7.91. The summed E-state index contributed by atoms with van der Waals surface area (Å²) in [5, 5.41) is 0. The van der Waals surface area contributed by atoms with Gasteiger partial charge in [-0.1, -0.05) is 31.2 Å². The van der Waals surface area contributed by atoms with Crippen LogP contribution < -0.4 is 0 Å². The van der Waals surface area contributed by atoms with Crippen molar-refractivity contribution in [3.63, 3.8) is 0 Å². The van der Waals surface area contributed by atoms with Gasteiger partial charge in [0.05, 0.1) is 5.75 Å². The van der Waals surface area contributed by atoms with Gasteiger partial charge in [-0.25, -0.2) is 8.42 Å². The predicted molar refractivity (Wildman–Crippen MR) is 64.5 cm³/mol. The molecule has 0 spiro atoms. The molecule has 0 radical (unpaired) electrons. The van der Waals surface area contributed by atoms with E-state index < -0.39 is 9.84 Å². The fourth-order valence-corrected chi connectivity index (χ4v) is 2.16. The first-order valence-electron chi connectivity index (χ1n) is 5.25. The lowest BCUT2D eigenvalue weighted by molar-refractivity contribution is 0.101. The maximum Gasteiger partial charge on any atom is 0.159 e. The average Bonchev–Trinajstić information content (AvgIpc) is 2.27. The summed E-state index contributed by atoms with van der Waals surface area (Å²) in [5.74, 6) is 0.370. The molecule has 0 aliphatic carbocycles. The maximum atomic E-state index is 11.3. The van der Waals surface area contributed by atoms with Gasteiger partial charge in [-0.3, -0.25) is 4.79 Å². The van der Waals surface area contributed by atoms with E-state index in [4.69, 9.17) is 0 Å². The van der Waals surface area contributed by atoms with Gasteiger partial charge in [0.15, 0.2) is 5.78 Å². The Morgan fingerprint density at radius 2 is 1.75 bits per heavy atom. The smallest absolute Gasteiger partial charge is 0.159 e. The van der Waals surface area contributed by atoms with Crippen LogP contribution in [0.25, 0.3) is 0 Å². The zero-order chi connectivity index (χ0) is 12.2. The molecule has 0 saturated carbocycles. The zero-order valence-corrected chi connectivity index (χ0v) is 10.4. The van der Waals surface area contributed by atoms with Gasteiger partial charge in [0.25, 0.3) is 0 Å². The van der Waals surface area contributed by atoms with Crippen LogP contribution in [0.5, 0.6) is 0 Å². The number of carbonyl (C=O) groups is 1. The topological polar surface area (TPSA) is 51.2 Å². The first kappa shape index (κ1) is 12.9. The van der Waals surface area contributed by atoms with Gasteiger partial charge in [-0.05, 0) is 18.9 Å². The second-order valence-electron chi connectivity index (χ2n) is 3.74. The van der Waals surface area contributed by atoms with E-state index >= 15 is 0 Å². The summed E-state index contributed by atoms with van der Waals surface area (Å²) in [4.78, 5) is 11.0. The Morgan fingerprint density at radius 1 is 1.19 bits per heavy atom. The monoisotopic (exact) mass is 240 g/mol. The first-order valence-corrected chi connectivity index (χ1v) is 7.07. The van der Waals surface area contributed by atoms with E-state index in [1.165, 1.54) is 6.92 Å². The van der Waals surface area contributed by atoms with Crippen molar-refractivity contribution in [2.24, 2.45) is 0 Å². The summed E-state index contributed by atoms with van der Waals surface area (Å²) in [6.45, 7) is 3.16. The lowest BCUT2D eigenvalue weighted by atomic mass is 10.1. The summed E-state index contributed by atoms with van der Waals surface area (Å²) < 4.78 is 22.6.